The quantitative estimate of drug-likeness (QED) is 0.607. The Morgan fingerprint density at radius 3 is 2.65 bits per heavy atom. The van der Waals surface area contributed by atoms with Crippen LogP contribution in [0.25, 0.3) is 5.78 Å². The molecule has 0 aliphatic heterocycles. The predicted molar refractivity (Wildman–Crippen MR) is 94.5 cm³/mol. The van der Waals surface area contributed by atoms with Crippen LogP contribution in [0.5, 0.6) is 0 Å². The molecule has 0 aliphatic rings. The van der Waals surface area contributed by atoms with Crippen LogP contribution in [-0.2, 0) is 7.05 Å². The molecule has 4 aromatic rings. The van der Waals surface area contributed by atoms with Gasteiger partial charge in [0.05, 0.1) is 0 Å². The molecule has 0 saturated carbocycles. The molecule has 26 heavy (non-hydrogen) atoms. The van der Waals surface area contributed by atoms with Gasteiger partial charge in [-0.25, -0.2) is 9.97 Å². The van der Waals surface area contributed by atoms with Gasteiger partial charge in [-0.3, -0.25) is 9.20 Å². The maximum Gasteiger partial charge on any atom is 0.290 e. The highest BCUT2D eigenvalue weighted by Crippen LogP contribution is 2.20. The normalized spacial score (nSPS) is 12.2. The van der Waals surface area contributed by atoms with Crippen molar-refractivity contribution in [1.29, 1.82) is 0 Å². The number of fused-ring (bicyclic) bond motifs is 1. The number of carbonyl (C=O) groups excluding carboxylic acids is 1. The molecular weight excluding hydrogens is 330 g/mol. The third kappa shape index (κ3) is 2.81. The number of nitrogens with one attached hydrogen (secondary N) is 1. The number of rotatable bonds is 4. The van der Waals surface area contributed by atoms with Gasteiger partial charge in [-0.2, -0.15) is 0 Å². The second-order valence-electron chi connectivity index (χ2n) is 5.98. The van der Waals surface area contributed by atoms with Crippen molar-refractivity contribution in [3.8, 4) is 0 Å². The largest absolute Gasteiger partial charge is 0.336 e. The molecule has 0 bridgehead atoms. The highest BCUT2D eigenvalue weighted by atomic mass is 16.2. The van der Waals surface area contributed by atoms with Gasteiger partial charge in [0.2, 0.25) is 5.82 Å². The molecule has 0 radical (unpaired) electrons. The summed E-state index contributed by atoms with van der Waals surface area (Å²) in [7, 11) is 1.89. The summed E-state index contributed by atoms with van der Waals surface area (Å²) < 4.78 is 3.45. The number of imidazole rings is 1. The van der Waals surface area contributed by atoms with Gasteiger partial charge >= 0.3 is 0 Å². The van der Waals surface area contributed by atoms with E-state index in [1.807, 2.05) is 55.1 Å². The van der Waals surface area contributed by atoms with E-state index in [0.717, 1.165) is 17.1 Å². The van der Waals surface area contributed by atoms with E-state index in [0.29, 0.717) is 5.78 Å². The van der Waals surface area contributed by atoms with Crippen LogP contribution in [-0.4, -0.2) is 35.0 Å². The maximum absolute atomic E-state index is 12.9. The zero-order valence-corrected chi connectivity index (χ0v) is 14.4. The third-order valence-corrected chi connectivity index (χ3v) is 4.15. The first-order valence-electron chi connectivity index (χ1n) is 8.15. The van der Waals surface area contributed by atoms with Crippen LogP contribution in [0.1, 0.15) is 33.7 Å². The van der Waals surface area contributed by atoms with E-state index in [1.54, 1.807) is 22.9 Å². The molecule has 4 rings (SSSR count). The molecule has 8 nitrogen and oxygen atoms in total. The van der Waals surface area contributed by atoms with Gasteiger partial charge in [0, 0.05) is 31.3 Å². The van der Waals surface area contributed by atoms with E-state index in [1.165, 1.54) is 0 Å². The SMILES string of the molecule is Cc1ccn2c(C(=O)N[C@H](c3ccccc3)c3nccn3C)nnc2n1. The van der Waals surface area contributed by atoms with E-state index in [-0.39, 0.29) is 11.7 Å². The summed E-state index contributed by atoms with van der Waals surface area (Å²) in [5, 5.41) is 11.0. The number of nitrogens with zero attached hydrogens (tertiary/aromatic N) is 6. The summed E-state index contributed by atoms with van der Waals surface area (Å²) in [5.41, 5.74) is 1.74. The zero-order chi connectivity index (χ0) is 18.1. The molecule has 0 aliphatic carbocycles. The molecule has 8 heteroatoms. The summed E-state index contributed by atoms with van der Waals surface area (Å²) in [6, 6.07) is 11.1. The molecule has 0 saturated heterocycles. The molecule has 1 atom stereocenters. The number of amides is 1. The first-order valence-corrected chi connectivity index (χ1v) is 8.15. The van der Waals surface area contributed by atoms with Gasteiger partial charge in [-0.1, -0.05) is 30.3 Å². The fourth-order valence-electron chi connectivity index (χ4n) is 2.82. The minimum Gasteiger partial charge on any atom is -0.336 e. The Balaban J connectivity index is 1.71. The number of carbonyl (C=O) groups is 1. The van der Waals surface area contributed by atoms with E-state index in [4.69, 9.17) is 0 Å². The smallest absolute Gasteiger partial charge is 0.290 e. The van der Waals surface area contributed by atoms with Gasteiger partial charge in [0.25, 0.3) is 11.7 Å². The first kappa shape index (κ1) is 15.9. The summed E-state index contributed by atoms with van der Waals surface area (Å²) >= 11 is 0. The van der Waals surface area contributed by atoms with Crippen molar-refractivity contribution < 1.29 is 4.79 Å². The lowest BCUT2D eigenvalue weighted by atomic mass is 10.1. The summed E-state index contributed by atoms with van der Waals surface area (Å²) in [5.74, 6) is 0.957. The minimum atomic E-state index is -0.408. The first-order chi connectivity index (χ1) is 12.6. The van der Waals surface area contributed by atoms with Crippen LogP contribution < -0.4 is 5.32 Å². The maximum atomic E-state index is 12.9. The van der Waals surface area contributed by atoms with Crippen LogP contribution in [0.3, 0.4) is 0 Å². The van der Waals surface area contributed by atoms with Crippen molar-refractivity contribution in [3.63, 3.8) is 0 Å². The Hall–Kier alpha value is -3.55. The number of hydrogen-bond donors (Lipinski definition) is 1. The van der Waals surface area contributed by atoms with Crippen LogP contribution in [0.4, 0.5) is 0 Å². The fraction of sp³-hybridized carbons (Fsp3) is 0.167. The van der Waals surface area contributed by atoms with Gasteiger partial charge in [0.1, 0.15) is 11.9 Å². The van der Waals surface area contributed by atoms with Crippen molar-refractivity contribution in [2.45, 2.75) is 13.0 Å². The molecule has 3 aromatic heterocycles. The average molecular weight is 347 g/mol. The number of hydrogen-bond acceptors (Lipinski definition) is 5. The minimum absolute atomic E-state index is 0.183. The Labute approximate surface area is 149 Å². The average Bonchev–Trinajstić information content (AvgIpc) is 3.26. The van der Waals surface area contributed by atoms with Crippen molar-refractivity contribution in [2.75, 3.05) is 0 Å². The summed E-state index contributed by atoms with van der Waals surface area (Å²) in [4.78, 5) is 21.6. The Morgan fingerprint density at radius 1 is 1.12 bits per heavy atom. The molecule has 130 valence electrons. The van der Waals surface area contributed by atoms with Crippen molar-refractivity contribution in [2.24, 2.45) is 7.05 Å². The van der Waals surface area contributed by atoms with Crippen molar-refractivity contribution in [1.82, 2.24) is 34.4 Å². The molecule has 0 unspecified atom stereocenters. The van der Waals surface area contributed by atoms with Crippen molar-refractivity contribution in [3.05, 3.63) is 77.9 Å². The van der Waals surface area contributed by atoms with Gasteiger partial charge < -0.3 is 9.88 Å². The van der Waals surface area contributed by atoms with E-state index in [2.05, 4.69) is 25.5 Å². The van der Waals surface area contributed by atoms with E-state index >= 15 is 0 Å². The summed E-state index contributed by atoms with van der Waals surface area (Å²) in [6.07, 6.45) is 5.29. The van der Waals surface area contributed by atoms with E-state index in [9.17, 15) is 4.79 Å². The predicted octanol–water partition coefficient (Wildman–Crippen LogP) is 1.69. The number of aryl methyl sites for hydroxylation is 2. The highest BCUT2D eigenvalue weighted by molar-refractivity contribution is 5.91. The standard InChI is InChI=1S/C18H17N7O/c1-12-8-10-25-16(22-23-18(25)20-12)17(26)21-14(13-6-4-3-5-7-13)15-19-9-11-24(15)2/h3-11,14H,1-2H3,(H,21,26)/t14-/m1/s1. The van der Waals surface area contributed by atoms with Crippen LogP contribution in [0.15, 0.2) is 55.0 Å². The lowest BCUT2D eigenvalue weighted by Gasteiger charge is -2.18. The molecule has 1 N–H and O–H groups in total. The topological polar surface area (TPSA) is 90.0 Å². The number of aromatic nitrogens is 6. The fourth-order valence-corrected chi connectivity index (χ4v) is 2.82. The monoisotopic (exact) mass is 347 g/mol. The molecule has 1 aromatic carbocycles. The Kier molecular flexibility index (Phi) is 3.92. The van der Waals surface area contributed by atoms with Crippen LogP contribution in [0.2, 0.25) is 0 Å². The van der Waals surface area contributed by atoms with E-state index < -0.39 is 6.04 Å². The Morgan fingerprint density at radius 2 is 1.92 bits per heavy atom. The van der Waals surface area contributed by atoms with Gasteiger partial charge in [-0.15, -0.1) is 10.2 Å². The second kappa shape index (κ2) is 6.40. The number of benzene rings is 1. The van der Waals surface area contributed by atoms with Gasteiger partial charge in [0.15, 0.2) is 0 Å². The second-order valence-corrected chi connectivity index (χ2v) is 5.98. The van der Waals surface area contributed by atoms with Crippen molar-refractivity contribution >= 4 is 11.7 Å². The van der Waals surface area contributed by atoms with Crippen LogP contribution >= 0.6 is 0 Å². The Bertz CT molecular complexity index is 1070. The molecule has 0 spiro atoms. The third-order valence-electron chi connectivity index (χ3n) is 4.15. The highest BCUT2D eigenvalue weighted by Gasteiger charge is 2.24. The molecule has 3 heterocycles. The van der Waals surface area contributed by atoms with Gasteiger partial charge in [-0.05, 0) is 18.6 Å². The molecular formula is C18H17N7O. The molecule has 0 fully saturated rings. The van der Waals surface area contributed by atoms with Crippen LogP contribution in [0, 0.1) is 6.92 Å². The lowest BCUT2D eigenvalue weighted by molar-refractivity contribution is 0.0929. The zero-order valence-electron chi connectivity index (χ0n) is 14.4. The lowest BCUT2D eigenvalue weighted by Crippen LogP contribution is -2.32. The summed E-state index contributed by atoms with van der Waals surface area (Å²) in [6.45, 7) is 1.86. The molecule has 1 amide bonds.